The molecule has 0 saturated carbocycles. The Hall–Kier alpha value is -0.560. The summed E-state index contributed by atoms with van der Waals surface area (Å²) in [4.78, 5) is 0. The highest BCUT2D eigenvalue weighted by atomic mass is 16.2. The van der Waals surface area contributed by atoms with Crippen molar-refractivity contribution < 1.29 is 5.11 Å². The summed E-state index contributed by atoms with van der Waals surface area (Å²) in [6.45, 7) is 4.74. The molecule has 0 fully saturated rings. The van der Waals surface area contributed by atoms with E-state index in [1.807, 2.05) is 12.2 Å². The van der Waals surface area contributed by atoms with Gasteiger partial charge in [-0.3, -0.25) is 0 Å². The second-order valence-electron chi connectivity index (χ2n) is 3.80. The van der Waals surface area contributed by atoms with Gasteiger partial charge in [0.15, 0.2) is 0 Å². The number of aliphatic hydroxyl groups is 1. The molecule has 0 aromatic carbocycles. The lowest BCUT2D eigenvalue weighted by Gasteiger charge is -2.03. The van der Waals surface area contributed by atoms with Crippen molar-refractivity contribution in [1.29, 1.82) is 0 Å². The topological polar surface area (TPSA) is 20.2 Å². The number of allylic oxidation sites excluding steroid dienone is 3. The van der Waals surface area contributed by atoms with Gasteiger partial charge >= 0.3 is 0 Å². The van der Waals surface area contributed by atoms with Gasteiger partial charge in [0.1, 0.15) is 0 Å². The number of aliphatic hydroxyl groups excluding tert-OH is 1. The number of hydrogen-bond donors (Lipinski definition) is 1. The first-order chi connectivity index (χ1) is 6.81. The maximum Gasteiger partial charge on any atom is 0.0465 e. The normalized spacial score (nSPS) is 14.2. The van der Waals surface area contributed by atoms with Crippen LogP contribution in [0.1, 0.15) is 46.0 Å². The highest BCUT2D eigenvalue weighted by molar-refractivity contribution is 5.03. The van der Waals surface area contributed by atoms with Crippen LogP contribution in [0.5, 0.6) is 0 Å². The largest absolute Gasteiger partial charge is 0.396 e. The van der Waals surface area contributed by atoms with Gasteiger partial charge in [-0.15, -0.1) is 0 Å². The van der Waals surface area contributed by atoms with Gasteiger partial charge in [-0.25, -0.2) is 0 Å². The van der Waals surface area contributed by atoms with Gasteiger partial charge in [0.2, 0.25) is 0 Å². The van der Waals surface area contributed by atoms with E-state index < -0.39 is 0 Å². The van der Waals surface area contributed by atoms with E-state index in [0.29, 0.717) is 5.92 Å². The first-order valence-corrected chi connectivity index (χ1v) is 5.75. The molecule has 0 rings (SSSR count). The Labute approximate surface area is 88.5 Å². The zero-order valence-electron chi connectivity index (χ0n) is 9.58. The summed E-state index contributed by atoms with van der Waals surface area (Å²) < 4.78 is 0. The Kier molecular flexibility index (Phi) is 10.1. The summed E-state index contributed by atoms with van der Waals surface area (Å²) in [5, 5.41) is 8.54. The van der Waals surface area contributed by atoms with Crippen LogP contribution in [0, 0.1) is 5.92 Å². The van der Waals surface area contributed by atoms with Gasteiger partial charge in [0.25, 0.3) is 0 Å². The van der Waals surface area contributed by atoms with Crippen molar-refractivity contribution in [1.82, 2.24) is 0 Å². The molecule has 1 heteroatoms. The molecule has 0 aliphatic carbocycles. The van der Waals surface area contributed by atoms with E-state index in [4.69, 9.17) is 5.11 Å². The molecule has 1 unspecified atom stereocenters. The van der Waals surface area contributed by atoms with Crippen molar-refractivity contribution >= 4 is 0 Å². The molecule has 0 aliphatic rings. The van der Waals surface area contributed by atoms with Gasteiger partial charge in [0.05, 0.1) is 0 Å². The third kappa shape index (κ3) is 9.53. The first-order valence-electron chi connectivity index (χ1n) is 5.75. The summed E-state index contributed by atoms with van der Waals surface area (Å²) >= 11 is 0. The third-order valence-electron chi connectivity index (χ3n) is 2.25. The molecule has 0 saturated heterocycles. The molecule has 1 atom stereocenters. The number of rotatable bonds is 8. The van der Waals surface area contributed by atoms with Crippen LogP contribution < -0.4 is 0 Å². The lowest BCUT2D eigenvalue weighted by molar-refractivity contribution is 0.302. The summed E-state index contributed by atoms with van der Waals surface area (Å²) in [5.41, 5.74) is 0. The van der Waals surface area contributed by atoms with E-state index in [1.54, 1.807) is 0 Å². The van der Waals surface area contributed by atoms with E-state index in [2.05, 4.69) is 26.0 Å². The summed E-state index contributed by atoms with van der Waals surface area (Å²) in [7, 11) is 0. The van der Waals surface area contributed by atoms with E-state index in [1.165, 1.54) is 25.7 Å². The minimum absolute atomic E-state index is 0.246. The van der Waals surface area contributed by atoms with Crippen LogP contribution in [-0.2, 0) is 0 Å². The van der Waals surface area contributed by atoms with Crippen molar-refractivity contribution in [3.63, 3.8) is 0 Å². The van der Waals surface area contributed by atoms with Gasteiger partial charge in [-0.05, 0) is 18.8 Å². The summed E-state index contributed by atoms with van der Waals surface area (Å²) in [5.74, 6) is 0.681. The third-order valence-corrected chi connectivity index (χ3v) is 2.25. The van der Waals surface area contributed by atoms with Gasteiger partial charge in [-0.1, -0.05) is 57.4 Å². The van der Waals surface area contributed by atoms with Crippen LogP contribution in [0.2, 0.25) is 0 Å². The maximum absolute atomic E-state index is 8.54. The van der Waals surface area contributed by atoms with Crippen LogP contribution in [0.4, 0.5) is 0 Å². The van der Waals surface area contributed by atoms with E-state index in [-0.39, 0.29) is 6.61 Å². The van der Waals surface area contributed by atoms with Gasteiger partial charge in [-0.2, -0.15) is 0 Å². The molecule has 0 spiro atoms. The zero-order chi connectivity index (χ0) is 10.6. The fourth-order valence-electron chi connectivity index (χ4n) is 1.32. The highest BCUT2D eigenvalue weighted by Gasteiger charge is 1.94. The lowest BCUT2D eigenvalue weighted by Crippen LogP contribution is -1.88. The van der Waals surface area contributed by atoms with E-state index >= 15 is 0 Å². The van der Waals surface area contributed by atoms with Crippen molar-refractivity contribution in [3.8, 4) is 0 Å². The van der Waals surface area contributed by atoms with Crippen LogP contribution >= 0.6 is 0 Å². The van der Waals surface area contributed by atoms with Crippen LogP contribution in [0.25, 0.3) is 0 Å². The Morgan fingerprint density at radius 3 is 2.64 bits per heavy atom. The van der Waals surface area contributed by atoms with Crippen molar-refractivity contribution in [3.05, 3.63) is 24.3 Å². The molecule has 82 valence electrons. The number of unbranched alkanes of at least 4 members (excludes halogenated alkanes) is 2. The number of hydrogen-bond acceptors (Lipinski definition) is 1. The minimum Gasteiger partial charge on any atom is -0.396 e. The Bertz CT molecular complexity index is 159. The Morgan fingerprint density at radius 1 is 1.21 bits per heavy atom. The first kappa shape index (κ1) is 13.4. The average molecular weight is 196 g/mol. The van der Waals surface area contributed by atoms with Crippen LogP contribution in [0.15, 0.2) is 24.3 Å². The van der Waals surface area contributed by atoms with Crippen molar-refractivity contribution in [2.24, 2.45) is 5.92 Å². The molecule has 0 radical (unpaired) electrons. The molecule has 14 heavy (non-hydrogen) atoms. The quantitative estimate of drug-likeness (QED) is 0.463. The second-order valence-corrected chi connectivity index (χ2v) is 3.80. The molecule has 1 N–H and O–H groups in total. The lowest BCUT2D eigenvalue weighted by atomic mass is 10.0. The molecule has 1 nitrogen and oxygen atoms in total. The zero-order valence-corrected chi connectivity index (χ0v) is 9.58. The van der Waals surface area contributed by atoms with E-state index in [0.717, 1.165) is 6.42 Å². The monoisotopic (exact) mass is 196 g/mol. The maximum atomic E-state index is 8.54. The molecule has 0 amide bonds. The highest BCUT2D eigenvalue weighted by Crippen LogP contribution is 2.10. The average Bonchev–Trinajstić information content (AvgIpc) is 2.18. The Morgan fingerprint density at radius 2 is 2.00 bits per heavy atom. The smallest absolute Gasteiger partial charge is 0.0465 e. The molecule has 0 heterocycles. The van der Waals surface area contributed by atoms with Crippen LogP contribution in [-0.4, -0.2) is 11.7 Å². The summed E-state index contributed by atoms with van der Waals surface area (Å²) in [6.07, 6.45) is 14.4. The van der Waals surface area contributed by atoms with Gasteiger partial charge in [0, 0.05) is 6.61 Å². The fourth-order valence-corrected chi connectivity index (χ4v) is 1.32. The van der Waals surface area contributed by atoms with Crippen molar-refractivity contribution in [2.45, 2.75) is 46.0 Å². The SMILES string of the molecule is CCCCCC(C)/C=C/C=C/CCO. The standard InChI is InChI=1S/C13H24O/c1-3-4-7-10-13(2)11-8-5-6-9-12-14/h5-6,8,11,13-14H,3-4,7,9-10,12H2,1-2H3/b6-5+,11-8+. The molecule has 0 aromatic rings. The Balaban J connectivity index is 3.44. The summed E-state index contributed by atoms with van der Waals surface area (Å²) in [6, 6.07) is 0. The molecule has 0 aromatic heterocycles. The predicted molar refractivity (Wildman–Crippen MR) is 63.3 cm³/mol. The molecule has 0 bridgehead atoms. The van der Waals surface area contributed by atoms with E-state index in [9.17, 15) is 0 Å². The molecular weight excluding hydrogens is 172 g/mol. The predicted octanol–water partition coefficient (Wildman–Crippen LogP) is 3.70. The fraction of sp³-hybridized carbons (Fsp3) is 0.692. The minimum atomic E-state index is 0.246. The molecular formula is C13H24O. The molecule has 0 aliphatic heterocycles. The van der Waals surface area contributed by atoms with Gasteiger partial charge < -0.3 is 5.11 Å². The second kappa shape index (κ2) is 10.5. The van der Waals surface area contributed by atoms with Crippen LogP contribution in [0.3, 0.4) is 0 Å². The van der Waals surface area contributed by atoms with Crippen molar-refractivity contribution in [2.75, 3.05) is 6.61 Å².